The van der Waals surface area contributed by atoms with Gasteiger partial charge >= 0.3 is 11.9 Å². The summed E-state index contributed by atoms with van der Waals surface area (Å²) in [7, 11) is 0. The molecule has 0 bridgehead atoms. The highest BCUT2D eigenvalue weighted by Gasteiger charge is 2.36. The molecule has 0 fully saturated rings. The Morgan fingerprint density at radius 1 is 0.538 bits per heavy atom. The normalized spacial score (nSPS) is 15.0. The molecule has 0 unspecified atom stereocenters. The van der Waals surface area contributed by atoms with Gasteiger partial charge in [0.15, 0.2) is 0 Å². The number of carboxylic acid groups (broad SMARTS) is 2. The summed E-state index contributed by atoms with van der Waals surface area (Å²) in [5.41, 5.74) is 17.7. The summed E-state index contributed by atoms with van der Waals surface area (Å²) in [4.78, 5) is 145. The number of rotatable bonds is 38. The highest BCUT2D eigenvalue weighted by Crippen LogP contribution is 2.14. The minimum atomic E-state index is -1.83. The standard InChI is InChI=1S/C49H82N12O16S/c1-25(2)20-33(56-45(73)34(21-28-12-14-29(64)15-13-28)57-49(77)39(26(3)4)60-41(69)30(52)10-6-8-18-50)44(72)58-35(23-62)46(74)55-32(16-17-37(65)66)42(70)59-36(24-78)47(75)54-31(11-7-9-19-51)43(71)61-40(27(5)63)48(76)53-22-38(67)68/h12-15,25-27,30-36,39-40,62-64,78H,6-11,16-24,50-52H2,1-5H3,(H,53,76)(H,54,75)(H,55,74)(H,56,73)(H,57,77)(H,58,72)(H,59,70)(H,60,69)(H,61,71)(H,65,66)(H,67,68)/t27-,30+,31+,32+,33+,34+,35+,36+,39+,40+/m1/s1. The topological polar surface area (TPSA) is 475 Å². The molecule has 0 aromatic heterocycles. The molecule has 10 atom stereocenters. The van der Waals surface area contributed by atoms with Crippen molar-refractivity contribution in [1.82, 2.24) is 47.9 Å². The summed E-state index contributed by atoms with van der Waals surface area (Å²) in [6.45, 7) is 6.62. The predicted octanol–water partition coefficient (Wildman–Crippen LogP) is -4.53. The van der Waals surface area contributed by atoms with E-state index in [9.17, 15) is 73.2 Å². The number of hydrogen-bond acceptors (Lipinski definition) is 18. The number of aliphatic hydroxyl groups is 2. The molecule has 20 N–H and O–H groups in total. The average molecular weight is 1130 g/mol. The van der Waals surface area contributed by atoms with Crippen LogP contribution in [0.4, 0.5) is 0 Å². The number of thiol groups is 1. The van der Waals surface area contributed by atoms with Gasteiger partial charge in [0.05, 0.1) is 18.8 Å². The zero-order valence-electron chi connectivity index (χ0n) is 44.8. The Balaban J connectivity index is 3.42. The number of nitrogens with one attached hydrogen (secondary N) is 9. The number of aliphatic hydroxyl groups excluding tert-OH is 2. The Kier molecular flexibility index (Phi) is 32.4. The van der Waals surface area contributed by atoms with Crippen molar-refractivity contribution in [3.8, 4) is 5.75 Å². The summed E-state index contributed by atoms with van der Waals surface area (Å²) in [5.74, 6) is -12.7. The number of aromatic hydroxyl groups is 1. The van der Waals surface area contributed by atoms with E-state index in [-0.39, 0.29) is 43.9 Å². The predicted molar refractivity (Wildman–Crippen MR) is 285 cm³/mol. The highest BCUT2D eigenvalue weighted by atomic mass is 32.1. The summed E-state index contributed by atoms with van der Waals surface area (Å²) < 4.78 is 0. The number of unbranched alkanes of at least 4 members (excludes halogenated alkanes) is 2. The Labute approximate surface area is 458 Å². The molecule has 1 aromatic rings. The highest BCUT2D eigenvalue weighted by molar-refractivity contribution is 7.80. The molecule has 0 saturated carbocycles. The van der Waals surface area contributed by atoms with E-state index < -0.39 is 163 Å². The van der Waals surface area contributed by atoms with E-state index in [4.69, 9.17) is 22.3 Å². The van der Waals surface area contributed by atoms with E-state index in [0.29, 0.717) is 37.8 Å². The number of hydrogen-bond donors (Lipinski definition) is 18. The Bertz CT molecular complexity index is 2150. The Hall–Kier alpha value is -6.66. The van der Waals surface area contributed by atoms with E-state index in [1.165, 1.54) is 24.3 Å². The van der Waals surface area contributed by atoms with Crippen LogP contribution in [-0.2, 0) is 59.2 Å². The number of aliphatic carboxylic acids is 2. The van der Waals surface area contributed by atoms with Gasteiger partial charge in [0.25, 0.3) is 0 Å². The van der Waals surface area contributed by atoms with Crippen LogP contribution in [0.2, 0.25) is 0 Å². The van der Waals surface area contributed by atoms with Crippen molar-refractivity contribution in [3.63, 3.8) is 0 Å². The third-order valence-electron chi connectivity index (χ3n) is 11.9. The van der Waals surface area contributed by atoms with E-state index in [1.54, 1.807) is 27.7 Å². The number of benzene rings is 1. The molecule has 0 heterocycles. The number of carbonyl (C=O) groups is 11. The molecule has 0 aliphatic heterocycles. The van der Waals surface area contributed by atoms with Crippen LogP contribution in [-0.4, -0.2) is 183 Å². The molecule has 0 radical (unpaired) electrons. The van der Waals surface area contributed by atoms with Gasteiger partial charge in [-0.15, -0.1) is 0 Å². The van der Waals surface area contributed by atoms with Gasteiger partial charge < -0.3 is 90.6 Å². The fraction of sp³-hybridized carbons (Fsp3) is 0.653. The van der Waals surface area contributed by atoms with Gasteiger partial charge in [-0.3, -0.25) is 52.7 Å². The van der Waals surface area contributed by atoms with Crippen molar-refractivity contribution >= 4 is 77.7 Å². The molecule has 0 saturated heterocycles. The lowest BCUT2D eigenvalue weighted by molar-refractivity contribution is -0.139. The van der Waals surface area contributed by atoms with Gasteiger partial charge in [-0.05, 0) is 94.5 Å². The fourth-order valence-corrected chi connectivity index (χ4v) is 7.71. The maximum absolute atomic E-state index is 14.2. The lowest BCUT2D eigenvalue weighted by Gasteiger charge is -2.29. The second-order valence-electron chi connectivity index (χ2n) is 19.4. The first-order valence-electron chi connectivity index (χ1n) is 25.7. The number of phenolic OH excluding ortho intramolecular Hbond substituents is 1. The lowest BCUT2D eigenvalue weighted by Crippen LogP contribution is -2.62. The van der Waals surface area contributed by atoms with Gasteiger partial charge in [0, 0.05) is 18.6 Å². The molecule has 29 heteroatoms. The first kappa shape index (κ1) is 69.4. The van der Waals surface area contributed by atoms with Crippen LogP contribution in [0.3, 0.4) is 0 Å². The van der Waals surface area contributed by atoms with Gasteiger partial charge in [0.1, 0.15) is 60.6 Å². The molecule has 440 valence electrons. The molecule has 0 aliphatic rings. The smallest absolute Gasteiger partial charge is 0.322 e. The minimum absolute atomic E-state index is 0.0560. The quantitative estimate of drug-likeness (QED) is 0.0219. The summed E-state index contributed by atoms with van der Waals surface area (Å²) >= 11 is 4.15. The molecule has 1 aromatic carbocycles. The van der Waals surface area contributed by atoms with E-state index in [1.807, 2.05) is 5.32 Å². The molecule has 28 nitrogen and oxygen atoms in total. The second kappa shape index (κ2) is 36.4. The van der Waals surface area contributed by atoms with Crippen LogP contribution in [0.25, 0.3) is 0 Å². The van der Waals surface area contributed by atoms with E-state index in [2.05, 4.69) is 55.2 Å². The Morgan fingerprint density at radius 3 is 1.51 bits per heavy atom. The van der Waals surface area contributed by atoms with Crippen LogP contribution in [0, 0.1) is 11.8 Å². The number of nitrogens with two attached hydrogens (primary N) is 3. The lowest BCUT2D eigenvalue weighted by atomic mass is 9.99. The molecule has 78 heavy (non-hydrogen) atoms. The largest absolute Gasteiger partial charge is 0.508 e. The van der Waals surface area contributed by atoms with Gasteiger partial charge in [-0.25, -0.2) is 0 Å². The van der Waals surface area contributed by atoms with Gasteiger partial charge in [-0.1, -0.05) is 46.2 Å². The molecular formula is C49H82N12O16S. The van der Waals surface area contributed by atoms with Crippen molar-refractivity contribution in [2.45, 2.75) is 159 Å². The zero-order chi connectivity index (χ0) is 59.2. The van der Waals surface area contributed by atoms with Crippen LogP contribution in [0.5, 0.6) is 5.75 Å². The first-order valence-corrected chi connectivity index (χ1v) is 26.3. The van der Waals surface area contributed by atoms with Crippen molar-refractivity contribution < 1.29 is 78.3 Å². The maximum Gasteiger partial charge on any atom is 0.322 e. The number of carbonyl (C=O) groups excluding carboxylic acids is 9. The van der Waals surface area contributed by atoms with Crippen LogP contribution < -0.4 is 65.1 Å². The molecule has 0 spiro atoms. The minimum Gasteiger partial charge on any atom is -0.508 e. The molecule has 1 rings (SSSR count). The van der Waals surface area contributed by atoms with Gasteiger partial charge in [-0.2, -0.15) is 12.6 Å². The van der Waals surface area contributed by atoms with Crippen molar-refractivity contribution in [3.05, 3.63) is 29.8 Å². The second-order valence-corrected chi connectivity index (χ2v) is 19.8. The third-order valence-corrected chi connectivity index (χ3v) is 12.2. The first-order chi connectivity index (χ1) is 36.7. The van der Waals surface area contributed by atoms with Crippen LogP contribution >= 0.6 is 12.6 Å². The summed E-state index contributed by atoms with van der Waals surface area (Å²) in [6.07, 6.45) is -0.955. The zero-order valence-corrected chi connectivity index (χ0v) is 45.6. The molecule has 9 amide bonds. The number of phenols is 1. The maximum atomic E-state index is 14.2. The van der Waals surface area contributed by atoms with Gasteiger partial charge in [0.2, 0.25) is 53.2 Å². The molecule has 0 aliphatic carbocycles. The Morgan fingerprint density at radius 2 is 1.00 bits per heavy atom. The van der Waals surface area contributed by atoms with Crippen molar-refractivity contribution in [2.75, 3.05) is 32.0 Å². The average Bonchev–Trinajstić information content (AvgIpc) is 3.37. The third kappa shape index (κ3) is 26.1. The summed E-state index contributed by atoms with van der Waals surface area (Å²) in [6, 6.07) is -7.43. The van der Waals surface area contributed by atoms with E-state index in [0.717, 1.165) is 6.92 Å². The molecular weight excluding hydrogens is 1040 g/mol. The van der Waals surface area contributed by atoms with E-state index >= 15 is 0 Å². The van der Waals surface area contributed by atoms with Crippen LogP contribution in [0.15, 0.2) is 24.3 Å². The fourth-order valence-electron chi connectivity index (χ4n) is 7.46. The van der Waals surface area contributed by atoms with Crippen molar-refractivity contribution in [1.29, 1.82) is 0 Å². The number of carboxylic acids is 2. The SMILES string of the molecule is CC(C)C[C@H](NC(=O)[C@H](Cc1ccc(O)cc1)NC(=O)[C@@H](NC(=O)[C@@H](N)CCCCN)C(C)C)C(=O)N[C@@H](CO)C(=O)N[C@@H](CCC(=O)O)C(=O)N[C@@H](CS)C(=O)N[C@@H](CCCCN)C(=O)N[C@H](C(=O)NCC(=O)O)[C@@H](C)O. The number of amides is 9. The van der Waals surface area contributed by atoms with Crippen LogP contribution in [0.1, 0.15) is 98.0 Å². The monoisotopic (exact) mass is 1130 g/mol. The summed E-state index contributed by atoms with van der Waals surface area (Å²) in [5, 5.41) is 70.5. The van der Waals surface area contributed by atoms with Crippen molar-refractivity contribution in [2.24, 2.45) is 29.0 Å².